The number of anilines is 1. The van der Waals surface area contributed by atoms with Gasteiger partial charge in [-0.1, -0.05) is 5.16 Å². The van der Waals surface area contributed by atoms with Crippen molar-refractivity contribution >= 4 is 11.6 Å². The monoisotopic (exact) mass is 262 g/mol. The molecule has 0 spiro atoms. The largest absolute Gasteiger partial charge is 0.381 e. The topological polar surface area (TPSA) is 82.2 Å². The van der Waals surface area contributed by atoms with Gasteiger partial charge in [0.1, 0.15) is 0 Å². The van der Waals surface area contributed by atoms with Crippen molar-refractivity contribution in [3.8, 4) is 0 Å². The molecule has 1 fully saturated rings. The van der Waals surface area contributed by atoms with Gasteiger partial charge in [0, 0.05) is 25.5 Å². The fourth-order valence-electron chi connectivity index (χ4n) is 2.08. The van der Waals surface area contributed by atoms with Gasteiger partial charge in [-0.3, -0.25) is 9.48 Å². The minimum atomic E-state index is -0.330. The van der Waals surface area contributed by atoms with Crippen LogP contribution in [0.5, 0.6) is 0 Å². The van der Waals surface area contributed by atoms with Crippen molar-refractivity contribution in [2.45, 2.75) is 18.9 Å². The summed E-state index contributed by atoms with van der Waals surface area (Å²) in [6, 6.07) is 1.85. The molecule has 1 N–H and O–H groups in total. The minimum absolute atomic E-state index is 0.179. The van der Waals surface area contributed by atoms with Crippen LogP contribution in [0.3, 0.4) is 0 Å². The van der Waals surface area contributed by atoms with Crippen molar-refractivity contribution in [3.05, 3.63) is 30.4 Å². The third-order valence-electron chi connectivity index (χ3n) is 3.09. The van der Waals surface area contributed by atoms with E-state index in [1.54, 1.807) is 6.20 Å². The normalized spacial score (nSPS) is 16.4. The summed E-state index contributed by atoms with van der Waals surface area (Å²) in [5.41, 5.74) is 0.646. The second kappa shape index (κ2) is 5.23. The van der Waals surface area contributed by atoms with E-state index in [0.29, 0.717) is 11.7 Å². The van der Waals surface area contributed by atoms with Crippen LogP contribution in [0.2, 0.25) is 0 Å². The number of nitrogens with zero attached hydrogens (tertiary/aromatic N) is 3. The van der Waals surface area contributed by atoms with E-state index >= 15 is 0 Å². The van der Waals surface area contributed by atoms with E-state index in [9.17, 15) is 4.79 Å². The van der Waals surface area contributed by atoms with Gasteiger partial charge in [-0.15, -0.1) is 0 Å². The van der Waals surface area contributed by atoms with Crippen LogP contribution < -0.4 is 5.32 Å². The lowest BCUT2D eigenvalue weighted by atomic mass is 10.1. The van der Waals surface area contributed by atoms with Crippen LogP contribution in [0.1, 0.15) is 29.4 Å². The Kier molecular flexibility index (Phi) is 3.28. The maximum atomic E-state index is 11.8. The summed E-state index contributed by atoms with van der Waals surface area (Å²) in [6.07, 6.45) is 6.77. The summed E-state index contributed by atoms with van der Waals surface area (Å²) in [6.45, 7) is 1.51. The Balaban J connectivity index is 1.66. The van der Waals surface area contributed by atoms with Gasteiger partial charge >= 0.3 is 0 Å². The van der Waals surface area contributed by atoms with Crippen molar-refractivity contribution in [2.75, 3.05) is 18.5 Å². The van der Waals surface area contributed by atoms with E-state index in [-0.39, 0.29) is 11.7 Å². The molecule has 100 valence electrons. The molecule has 3 rings (SSSR count). The molecule has 1 aliphatic heterocycles. The Morgan fingerprint density at radius 1 is 1.42 bits per heavy atom. The molecule has 1 aliphatic rings. The van der Waals surface area contributed by atoms with Crippen LogP contribution >= 0.6 is 0 Å². The van der Waals surface area contributed by atoms with Gasteiger partial charge in [0.25, 0.3) is 5.91 Å². The second-order valence-electron chi connectivity index (χ2n) is 4.38. The molecule has 2 aromatic rings. The van der Waals surface area contributed by atoms with Crippen molar-refractivity contribution in [1.82, 2.24) is 14.9 Å². The highest BCUT2D eigenvalue weighted by Crippen LogP contribution is 2.21. The predicted molar refractivity (Wildman–Crippen MR) is 65.8 cm³/mol. The zero-order valence-electron chi connectivity index (χ0n) is 10.3. The molecule has 7 nitrogen and oxygen atoms in total. The standard InChI is InChI=1S/C12H14N4O3/c17-12(11-1-4-14-19-11)15-9-7-13-16(8-9)10-2-5-18-6-3-10/h1,4,7-8,10H,2-3,5-6H2,(H,15,17). The second-order valence-corrected chi connectivity index (χ2v) is 4.38. The van der Waals surface area contributed by atoms with E-state index in [2.05, 4.69) is 15.6 Å². The van der Waals surface area contributed by atoms with Crippen LogP contribution in [0.15, 0.2) is 29.2 Å². The first-order valence-electron chi connectivity index (χ1n) is 6.17. The molecule has 19 heavy (non-hydrogen) atoms. The molecule has 0 atom stereocenters. The molecule has 0 aliphatic carbocycles. The van der Waals surface area contributed by atoms with E-state index < -0.39 is 0 Å². The molecular weight excluding hydrogens is 248 g/mol. The number of carbonyl (C=O) groups is 1. The third kappa shape index (κ3) is 2.65. The zero-order valence-corrected chi connectivity index (χ0v) is 10.3. The highest BCUT2D eigenvalue weighted by atomic mass is 16.5. The number of ether oxygens (including phenoxy) is 1. The third-order valence-corrected chi connectivity index (χ3v) is 3.09. The number of rotatable bonds is 3. The highest BCUT2D eigenvalue weighted by molar-refractivity contribution is 6.01. The van der Waals surface area contributed by atoms with Crippen molar-refractivity contribution in [1.29, 1.82) is 0 Å². The summed E-state index contributed by atoms with van der Waals surface area (Å²) >= 11 is 0. The molecular formula is C12H14N4O3. The Hall–Kier alpha value is -2.15. The Bertz CT molecular complexity index is 543. The number of aromatic nitrogens is 3. The first-order valence-corrected chi connectivity index (χ1v) is 6.17. The fourth-order valence-corrected chi connectivity index (χ4v) is 2.08. The number of hydrogen-bond donors (Lipinski definition) is 1. The highest BCUT2D eigenvalue weighted by Gasteiger charge is 2.17. The number of amides is 1. The molecule has 1 saturated heterocycles. The summed E-state index contributed by atoms with van der Waals surface area (Å²) < 4.78 is 12.0. The molecule has 0 saturated carbocycles. The van der Waals surface area contributed by atoms with E-state index in [4.69, 9.17) is 9.26 Å². The lowest BCUT2D eigenvalue weighted by Gasteiger charge is -2.22. The van der Waals surface area contributed by atoms with Crippen molar-refractivity contribution in [3.63, 3.8) is 0 Å². The van der Waals surface area contributed by atoms with E-state index in [0.717, 1.165) is 26.1 Å². The molecule has 3 heterocycles. The molecule has 0 bridgehead atoms. The number of nitrogens with one attached hydrogen (secondary N) is 1. The SMILES string of the molecule is O=C(Nc1cnn(C2CCOCC2)c1)c1ccno1. The lowest BCUT2D eigenvalue weighted by Crippen LogP contribution is -2.19. The van der Waals surface area contributed by atoms with Gasteiger partial charge in [-0.05, 0) is 12.8 Å². The Morgan fingerprint density at radius 3 is 3.00 bits per heavy atom. The fraction of sp³-hybridized carbons (Fsp3) is 0.417. The van der Waals surface area contributed by atoms with E-state index in [1.807, 2.05) is 10.9 Å². The van der Waals surface area contributed by atoms with Gasteiger partial charge in [-0.25, -0.2) is 0 Å². The molecule has 0 unspecified atom stereocenters. The Labute approximate surface area is 109 Å². The van der Waals surface area contributed by atoms with Crippen LogP contribution in [-0.2, 0) is 4.74 Å². The predicted octanol–water partition coefficient (Wildman–Crippen LogP) is 1.47. The van der Waals surface area contributed by atoms with Crippen LogP contribution in [0.4, 0.5) is 5.69 Å². The van der Waals surface area contributed by atoms with Gasteiger partial charge < -0.3 is 14.6 Å². The van der Waals surface area contributed by atoms with Crippen LogP contribution in [0, 0.1) is 0 Å². The first kappa shape index (κ1) is 11.9. The maximum absolute atomic E-state index is 11.8. The maximum Gasteiger partial charge on any atom is 0.294 e. The molecule has 0 aromatic carbocycles. The van der Waals surface area contributed by atoms with Crippen LogP contribution in [-0.4, -0.2) is 34.1 Å². The molecule has 2 aromatic heterocycles. The summed E-state index contributed by atoms with van der Waals surface area (Å²) in [4.78, 5) is 11.8. The molecule has 7 heteroatoms. The smallest absolute Gasteiger partial charge is 0.294 e. The van der Waals surface area contributed by atoms with Gasteiger partial charge in [0.15, 0.2) is 0 Å². The number of hydrogen-bond acceptors (Lipinski definition) is 5. The lowest BCUT2D eigenvalue weighted by molar-refractivity contribution is 0.0662. The van der Waals surface area contributed by atoms with Gasteiger partial charge in [0.05, 0.1) is 24.1 Å². The number of carbonyl (C=O) groups excluding carboxylic acids is 1. The summed E-state index contributed by atoms with van der Waals surface area (Å²) in [5.74, 6) is -0.150. The van der Waals surface area contributed by atoms with Gasteiger partial charge in [0.2, 0.25) is 5.76 Å². The first-order chi connectivity index (χ1) is 9.33. The molecule has 1 amide bonds. The van der Waals surface area contributed by atoms with Crippen LogP contribution in [0.25, 0.3) is 0 Å². The summed E-state index contributed by atoms with van der Waals surface area (Å²) in [7, 11) is 0. The van der Waals surface area contributed by atoms with Crippen molar-refractivity contribution in [2.24, 2.45) is 0 Å². The van der Waals surface area contributed by atoms with Crippen molar-refractivity contribution < 1.29 is 14.1 Å². The van der Waals surface area contributed by atoms with E-state index in [1.165, 1.54) is 12.3 Å². The quantitative estimate of drug-likeness (QED) is 0.905. The zero-order chi connectivity index (χ0) is 13.1. The summed E-state index contributed by atoms with van der Waals surface area (Å²) in [5, 5.41) is 10.5. The Morgan fingerprint density at radius 2 is 2.26 bits per heavy atom. The average Bonchev–Trinajstić information content (AvgIpc) is 3.11. The average molecular weight is 262 g/mol. The minimum Gasteiger partial charge on any atom is -0.381 e. The van der Waals surface area contributed by atoms with Gasteiger partial charge in [-0.2, -0.15) is 5.10 Å². The molecule has 0 radical (unpaired) electrons.